The van der Waals surface area contributed by atoms with Crippen molar-refractivity contribution in [3.63, 3.8) is 0 Å². The molecule has 2 fully saturated rings. The van der Waals surface area contributed by atoms with Gasteiger partial charge in [-0.05, 0) is 46.5 Å². The largest absolute Gasteiger partial charge is 0.504 e. The SMILES string of the molecule is CN1C(=O)N(C)C(=O)C2(C1=O)c1cc(O)c(O)cc1C1(C(=O)N(C)C(=O)N(C)C1=O)c1cc(O)c(O)cc12. The van der Waals surface area contributed by atoms with E-state index < -0.39 is 91.8 Å². The average Bonchev–Trinajstić information content (AvgIpc) is 2.88. The van der Waals surface area contributed by atoms with Crippen LogP contribution < -0.4 is 0 Å². The number of barbiturate groups is 2. The summed E-state index contributed by atoms with van der Waals surface area (Å²) in [5.74, 6) is -7.97. The van der Waals surface area contributed by atoms with Crippen molar-refractivity contribution >= 4 is 35.7 Å². The van der Waals surface area contributed by atoms with Gasteiger partial charge in [0.1, 0.15) is 0 Å². The number of carbonyl (C=O) groups excluding carboxylic acids is 6. The van der Waals surface area contributed by atoms with Gasteiger partial charge in [0, 0.05) is 28.2 Å². The van der Waals surface area contributed by atoms with E-state index >= 15 is 0 Å². The number of hydrogen-bond acceptors (Lipinski definition) is 10. The molecule has 4 N–H and O–H groups in total. The molecule has 0 radical (unpaired) electrons. The third-order valence-corrected chi connectivity index (χ3v) is 7.49. The highest BCUT2D eigenvalue weighted by atomic mass is 16.3. The number of fused-ring (bicyclic) bond motifs is 6. The van der Waals surface area contributed by atoms with Crippen LogP contribution in [-0.4, -0.2) is 104 Å². The maximum absolute atomic E-state index is 13.9. The molecule has 14 heteroatoms. The first-order valence-corrected chi connectivity index (χ1v) is 11.0. The van der Waals surface area contributed by atoms with Gasteiger partial charge in [-0.15, -0.1) is 0 Å². The van der Waals surface area contributed by atoms with Gasteiger partial charge < -0.3 is 20.4 Å². The second kappa shape index (κ2) is 7.21. The Bertz CT molecular complexity index is 1340. The van der Waals surface area contributed by atoms with Crippen molar-refractivity contribution in [2.24, 2.45) is 0 Å². The van der Waals surface area contributed by atoms with Gasteiger partial charge in [-0.1, -0.05) is 0 Å². The van der Waals surface area contributed by atoms with E-state index in [2.05, 4.69) is 0 Å². The first-order chi connectivity index (χ1) is 17.7. The zero-order valence-corrected chi connectivity index (χ0v) is 20.3. The Hall–Kier alpha value is -5.14. The molecule has 0 bridgehead atoms. The third-order valence-electron chi connectivity index (χ3n) is 7.49. The Balaban J connectivity index is 2.07. The summed E-state index contributed by atoms with van der Waals surface area (Å²) in [5, 5.41) is 41.8. The Labute approximate surface area is 213 Å². The predicted octanol–water partition coefficient (Wildman–Crippen LogP) is -0.505. The van der Waals surface area contributed by atoms with Gasteiger partial charge in [0.05, 0.1) is 0 Å². The van der Waals surface area contributed by atoms with Gasteiger partial charge in [0.25, 0.3) is 23.6 Å². The van der Waals surface area contributed by atoms with Gasteiger partial charge in [0.2, 0.25) is 0 Å². The van der Waals surface area contributed by atoms with E-state index in [4.69, 9.17) is 0 Å². The summed E-state index contributed by atoms with van der Waals surface area (Å²) >= 11 is 0. The molecule has 0 saturated carbocycles. The molecule has 5 rings (SSSR count). The lowest BCUT2D eigenvalue weighted by atomic mass is 9.54. The van der Waals surface area contributed by atoms with Crippen LogP contribution in [-0.2, 0) is 30.0 Å². The number of amides is 8. The number of aromatic hydroxyl groups is 4. The summed E-state index contributed by atoms with van der Waals surface area (Å²) in [7, 11) is 4.32. The summed E-state index contributed by atoms with van der Waals surface area (Å²) in [5.41, 5.74) is -6.95. The van der Waals surface area contributed by atoms with E-state index in [1.54, 1.807) is 0 Å². The number of hydrogen-bond donors (Lipinski definition) is 4. The maximum atomic E-state index is 13.9. The molecule has 0 unspecified atom stereocenters. The monoisotopic (exact) mass is 524 g/mol. The highest BCUT2D eigenvalue weighted by Gasteiger charge is 2.69. The van der Waals surface area contributed by atoms with E-state index in [1.165, 1.54) is 0 Å². The summed E-state index contributed by atoms with van der Waals surface area (Å²) in [6.07, 6.45) is 0. The highest BCUT2D eigenvalue weighted by molar-refractivity contribution is 6.30. The van der Waals surface area contributed by atoms with E-state index in [9.17, 15) is 49.2 Å². The van der Waals surface area contributed by atoms with Crippen molar-refractivity contribution in [1.82, 2.24) is 19.6 Å². The van der Waals surface area contributed by atoms with Crippen LogP contribution in [0.4, 0.5) is 9.59 Å². The fourth-order valence-corrected chi connectivity index (χ4v) is 5.59. The van der Waals surface area contributed by atoms with Gasteiger partial charge >= 0.3 is 12.1 Å². The van der Waals surface area contributed by atoms with Crippen LogP contribution in [0.2, 0.25) is 0 Å². The predicted molar refractivity (Wildman–Crippen MR) is 123 cm³/mol. The zero-order chi connectivity index (χ0) is 28.2. The topological polar surface area (TPSA) is 196 Å². The van der Waals surface area contributed by atoms with Crippen LogP contribution in [0.3, 0.4) is 0 Å². The molecule has 0 atom stereocenters. The number of nitrogens with zero attached hydrogens (tertiary/aromatic N) is 4. The molecule has 14 nitrogen and oxygen atoms in total. The minimum absolute atomic E-state index is 0.454. The minimum atomic E-state index is -2.57. The van der Waals surface area contributed by atoms with Crippen molar-refractivity contribution in [3.8, 4) is 23.0 Å². The lowest BCUT2D eigenvalue weighted by molar-refractivity contribution is -0.152. The van der Waals surface area contributed by atoms with Crippen LogP contribution in [0.15, 0.2) is 24.3 Å². The molecule has 1 aliphatic carbocycles. The molecule has 2 aliphatic heterocycles. The number of carbonyl (C=O) groups is 6. The van der Waals surface area contributed by atoms with Crippen LogP contribution in [0.25, 0.3) is 0 Å². The molecule has 38 heavy (non-hydrogen) atoms. The molecule has 2 aromatic carbocycles. The Kier molecular flexibility index (Phi) is 4.66. The van der Waals surface area contributed by atoms with Crippen LogP contribution in [0.1, 0.15) is 22.3 Å². The number of urea groups is 2. The summed E-state index contributed by atoms with van der Waals surface area (Å²) in [4.78, 5) is 83.4. The molecule has 2 aromatic rings. The molecule has 196 valence electrons. The Morgan fingerprint density at radius 2 is 0.632 bits per heavy atom. The zero-order valence-electron chi connectivity index (χ0n) is 20.3. The van der Waals surface area contributed by atoms with Crippen molar-refractivity contribution < 1.29 is 49.2 Å². The average molecular weight is 524 g/mol. The van der Waals surface area contributed by atoms with Crippen molar-refractivity contribution in [1.29, 1.82) is 0 Å². The van der Waals surface area contributed by atoms with Gasteiger partial charge in [-0.2, -0.15) is 0 Å². The van der Waals surface area contributed by atoms with Gasteiger partial charge in [0.15, 0.2) is 33.8 Å². The van der Waals surface area contributed by atoms with E-state index in [-0.39, 0.29) is 0 Å². The van der Waals surface area contributed by atoms with Crippen LogP contribution >= 0.6 is 0 Å². The summed E-state index contributed by atoms with van der Waals surface area (Å²) < 4.78 is 0. The number of phenolic OH excluding ortho intramolecular Hbond substituents is 4. The van der Waals surface area contributed by atoms with Crippen LogP contribution in [0, 0.1) is 0 Å². The van der Waals surface area contributed by atoms with Gasteiger partial charge in [-0.3, -0.25) is 38.8 Å². The number of phenols is 4. The molecule has 8 amide bonds. The molecule has 2 saturated heterocycles. The molecule has 2 heterocycles. The van der Waals surface area contributed by atoms with Crippen molar-refractivity contribution in [2.45, 2.75) is 10.8 Å². The highest BCUT2D eigenvalue weighted by Crippen LogP contribution is 2.58. The first-order valence-electron chi connectivity index (χ1n) is 11.0. The normalized spacial score (nSPS) is 20.0. The molecule has 2 spiro atoms. The summed E-state index contributed by atoms with van der Waals surface area (Å²) in [6.45, 7) is 0. The standard InChI is InChI=1S/C24H20N4O10/c1-25-17(33)23(18(34)26(2)21(25)37)9-5-13(29)15(31)7-11(9)24(12-8-16(32)14(30)6-10(12)23)19(35)27(3)22(38)28(4)20(24)36/h5-8,29-32H,1-4H3. The molecule has 3 aliphatic rings. The molecular weight excluding hydrogens is 504 g/mol. The van der Waals surface area contributed by atoms with Crippen molar-refractivity contribution in [2.75, 3.05) is 28.2 Å². The number of benzene rings is 2. The summed E-state index contributed by atoms with van der Waals surface area (Å²) in [6, 6.07) is 1.23. The number of rotatable bonds is 0. The third kappa shape index (κ3) is 2.41. The van der Waals surface area contributed by atoms with E-state index in [0.29, 0.717) is 19.6 Å². The molecular formula is C24H20N4O10. The van der Waals surface area contributed by atoms with Gasteiger partial charge in [-0.25, -0.2) is 9.59 Å². The fourth-order valence-electron chi connectivity index (χ4n) is 5.59. The number of imide groups is 4. The van der Waals surface area contributed by atoms with E-state index in [0.717, 1.165) is 52.5 Å². The van der Waals surface area contributed by atoms with Crippen molar-refractivity contribution in [3.05, 3.63) is 46.5 Å². The van der Waals surface area contributed by atoms with Crippen LogP contribution in [0.5, 0.6) is 23.0 Å². The second-order valence-electron chi connectivity index (χ2n) is 9.29. The van der Waals surface area contributed by atoms with E-state index in [1.807, 2.05) is 0 Å². The fraction of sp³-hybridized carbons (Fsp3) is 0.250. The first kappa shape index (κ1) is 24.5. The quantitative estimate of drug-likeness (QED) is 0.257. The Morgan fingerprint density at radius 3 is 0.816 bits per heavy atom. The lowest BCUT2D eigenvalue weighted by Gasteiger charge is -2.51. The smallest absolute Gasteiger partial charge is 0.332 e. The second-order valence-corrected chi connectivity index (χ2v) is 9.29. The minimum Gasteiger partial charge on any atom is -0.504 e. The number of likely N-dealkylation sites (N-methyl/N-ethyl adjacent to an activating group) is 4. The Morgan fingerprint density at radius 1 is 0.447 bits per heavy atom. The lowest BCUT2D eigenvalue weighted by Crippen LogP contribution is -2.71. The molecule has 0 aromatic heterocycles. The maximum Gasteiger partial charge on any atom is 0.332 e.